The SMILES string of the molecule is COc1ccc(Cl)cc1NC(=O)CSc1nc2c(c(=O)[nH]1)CCCC2. The monoisotopic (exact) mass is 379 g/mol. The van der Waals surface area contributed by atoms with E-state index in [1.165, 1.54) is 18.9 Å². The molecule has 0 radical (unpaired) electrons. The molecule has 8 heteroatoms. The first kappa shape index (κ1) is 17.8. The van der Waals surface area contributed by atoms with E-state index in [4.69, 9.17) is 16.3 Å². The van der Waals surface area contributed by atoms with Gasteiger partial charge in [-0.3, -0.25) is 9.59 Å². The van der Waals surface area contributed by atoms with Gasteiger partial charge in [-0.2, -0.15) is 0 Å². The maximum Gasteiger partial charge on any atom is 0.254 e. The summed E-state index contributed by atoms with van der Waals surface area (Å²) in [5, 5.41) is 3.74. The molecule has 25 heavy (non-hydrogen) atoms. The zero-order valence-corrected chi connectivity index (χ0v) is 15.3. The van der Waals surface area contributed by atoms with Crippen molar-refractivity contribution >= 4 is 35.0 Å². The van der Waals surface area contributed by atoms with Crippen molar-refractivity contribution in [1.82, 2.24) is 9.97 Å². The summed E-state index contributed by atoms with van der Waals surface area (Å²) < 4.78 is 5.20. The predicted molar refractivity (Wildman–Crippen MR) is 98.9 cm³/mol. The number of benzene rings is 1. The molecule has 132 valence electrons. The summed E-state index contributed by atoms with van der Waals surface area (Å²) in [5.41, 5.74) is 2.05. The smallest absolute Gasteiger partial charge is 0.254 e. The zero-order chi connectivity index (χ0) is 17.8. The quantitative estimate of drug-likeness (QED) is 0.616. The standard InChI is InChI=1S/C17H18ClN3O3S/c1-24-14-7-6-10(18)8-13(14)19-15(22)9-25-17-20-12-5-3-2-4-11(12)16(23)21-17/h6-8H,2-5,9H2,1H3,(H,19,22)(H,20,21,23). The molecule has 1 heterocycles. The Kier molecular flexibility index (Phi) is 5.65. The van der Waals surface area contributed by atoms with Crippen molar-refractivity contribution in [3.8, 4) is 5.75 Å². The lowest BCUT2D eigenvalue weighted by Gasteiger charge is -2.14. The van der Waals surface area contributed by atoms with E-state index < -0.39 is 0 Å². The van der Waals surface area contributed by atoms with E-state index in [1.807, 2.05) is 0 Å². The van der Waals surface area contributed by atoms with Crippen LogP contribution in [0, 0.1) is 0 Å². The fourth-order valence-corrected chi connectivity index (χ4v) is 3.60. The molecule has 2 aromatic rings. The lowest BCUT2D eigenvalue weighted by atomic mass is 9.97. The maximum absolute atomic E-state index is 12.2. The van der Waals surface area contributed by atoms with Crippen molar-refractivity contribution in [2.75, 3.05) is 18.2 Å². The number of hydrogen-bond acceptors (Lipinski definition) is 5. The molecule has 1 aliphatic carbocycles. The molecule has 0 bridgehead atoms. The van der Waals surface area contributed by atoms with Gasteiger partial charge in [0.1, 0.15) is 5.75 Å². The average molecular weight is 380 g/mol. The molecular formula is C17H18ClN3O3S. The molecule has 2 N–H and O–H groups in total. The van der Waals surface area contributed by atoms with Crippen LogP contribution in [0.25, 0.3) is 0 Å². The van der Waals surface area contributed by atoms with Crippen LogP contribution in [0.3, 0.4) is 0 Å². The molecule has 1 aliphatic rings. The van der Waals surface area contributed by atoms with Gasteiger partial charge < -0.3 is 15.0 Å². The zero-order valence-electron chi connectivity index (χ0n) is 13.7. The highest BCUT2D eigenvalue weighted by Crippen LogP contribution is 2.28. The number of carbonyl (C=O) groups excluding carboxylic acids is 1. The number of hydrogen-bond donors (Lipinski definition) is 2. The van der Waals surface area contributed by atoms with Crippen molar-refractivity contribution in [2.45, 2.75) is 30.8 Å². The van der Waals surface area contributed by atoms with Crippen LogP contribution in [-0.2, 0) is 17.6 Å². The molecule has 1 amide bonds. The predicted octanol–water partition coefficient (Wildman–Crippen LogP) is 3.04. The van der Waals surface area contributed by atoms with E-state index >= 15 is 0 Å². The van der Waals surface area contributed by atoms with Gasteiger partial charge in [-0.25, -0.2) is 4.98 Å². The molecule has 0 unspecified atom stereocenters. The molecule has 0 aliphatic heterocycles. The molecule has 3 rings (SSSR count). The van der Waals surface area contributed by atoms with E-state index in [1.54, 1.807) is 18.2 Å². The Morgan fingerprint density at radius 1 is 1.40 bits per heavy atom. The number of H-pyrrole nitrogens is 1. The number of aromatic nitrogens is 2. The molecule has 6 nitrogen and oxygen atoms in total. The van der Waals surface area contributed by atoms with Crippen LogP contribution in [-0.4, -0.2) is 28.7 Å². The van der Waals surface area contributed by atoms with Gasteiger partial charge in [-0.05, 0) is 43.9 Å². The van der Waals surface area contributed by atoms with Crippen LogP contribution in [0.15, 0.2) is 28.2 Å². The fourth-order valence-electron chi connectivity index (χ4n) is 2.75. The molecule has 0 spiro atoms. The number of carbonyl (C=O) groups is 1. The first-order valence-corrected chi connectivity index (χ1v) is 9.31. The van der Waals surface area contributed by atoms with Gasteiger partial charge in [0.15, 0.2) is 5.16 Å². The number of aromatic amines is 1. The number of ether oxygens (including phenoxy) is 1. The van der Waals surface area contributed by atoms with Crippen molar-refractivity contribution in [3.63, 3.8) is 0 Å². The van der Waals surface area contributed by atoms with E-state index in [2.05, 4.69) is 15.3 Å². The Morgan fingerprint density at radius 2 is 2.20 bits per heavy atom. The van der Waals surface area contributed by atoms with Crippen LogP contribution in [0.4, 0.5) is 5.69 Å². The first-order chi connectivity index (χ1) is 12.1. The summed E-state index contributed by atoms with van der Waals surface area (Å²) in [7, 11) is 1.52. The Bertz CT molecular complexity index is 854. The Morgan fingerprint density at radius 3 is 3.00 bits per heavy atom. The highest BCUT2D eigenvalue weighted by atomic mass is 35.5. The normalized spacial score (nSPS) is 13.2. The fraction of sp³-hybridized carbons (Fsp3) is 0.353. The molecule has 1 aromatic heterocycles. The van der Waals surface area contributed by atoms with E-state index in [-0.39, 0.29) is 17.2 Å². The number of rotatable bonds is 5. The molecule has 0 fully saturated rings. The van der Waals surface area contributed by atoms with Crippen LogP contribution in [0.1, 0.15) is 24.1 Å². The number of nitrogens with zero attached hydrogens (tertiary/aromatic N) is 1. The van der Waals surface area contributed by atoms with Crippen LogP contribution in [0.2, 0.25) is 5.02 Å². The summed E-state index contributed by atoms with van der Waals surface area (Å²) in [6, 6.07) is 5.00. The summed E-state index contributed by atoms with van der Waals surface area (Å²) in [4.78, 5) is 31.5. The Balaban J connectivity index is 1.66. The maximum atomic E-state index is 12.2. The Labute approximate surface area is 154 Å². The summed E-state index contributed by atoms with van der Waals surface area (Å²) >= 11 is 7.15. The third-order valence-electron chi connectivity index (χ3n) is 3.95. The summed E-state index contributed by atoms with van der Waals surface area (Å²) in [5.74, 6) is 0.422. The molecule has 0 atom stereocenters. The number of halogens is 1. The molecule has 0 saturated carbocycles. The van der Waals surface area contributed by atoms with Gasteiger partial charge in [-0.1, -0.05) is 23.4 Å². The number of aryl methyl sites for hydroxylation is 1. The van der Waals surface area contributed by atoms with Gasteiger partial charge in [0.05, 0.1) is 24.2 Å². The highest BCUT2D eigenvalue weighted by molar-refractivity contribution is 7.99. The minimum absolute atomic E-state index is 0.0934. The molecule has 0 saturated heterocycles. The van der Waals surface area contributed by atoms with Crippen molar-refractivity contribution in [1.29, 1.82) is 0 Å². The van der Waals surface area contributed by atoms with E-state index in [0.717, 1.165) is 36.9 Å². The second kappa shape index (κ2) is 7.93. The number of thioether (sulfide) groups is 1. The number of amides is 1. The van der Waals surface area contributed by atoms with Crippen molar-refractivity contribution < 1.29 is 9.53 Å². The van der Waals surface area contributed by atoms with E-state index in [9.17, 15) is 9.59 Å². The van der Waals surface area contributed by atoms with Gasteiger partial charge in [-0.15, -0.1) is 0 Å². The highest BCUT2D eigenvalue weighted by Gasteiger charge is 2.16. The topological polar surface area (TPSA) is 84.1 Å². The number of methoxy groups -OCH3 is 1. The average Bonchev–Trinajstić information content (AvgIpc) is 2.60. The summed E-state index contributed by atoms with van der Waals surface area (Å²) in [6.45, 7) is 0. The van der Waals surface area contributed by atoms with Gasteiger partial charge in [0.2, 0.25) is 5.91 Å². The third kappa shape index (κ3) is 4.35. The minimum Gasteiger partial charge on any atom is -0.495 e. The van der Waals surface area contributed by atoms with Gasteiger partial charge in [0, 0.05) is 10.6 Å². The molecular weight excluding hydrogens is 362 g/mol. The van der Waals surface area contributed by atoms with Crippen LogP contribution < -0.4 is 15.6 Å². The second-order valence-electron chi connectivity index (χ2n) is 5.68. The lowest BCUT2D eigenvalue weighted by molar-refractivity contribution is -0.113. The third-order valence-corrected chi connectivity index (χ3v) is 5.05. The van der Waals surface area contributed by atoms with Gasteiger partial charge >= 0.3 is 0 Å². The summed E-state index contributed by atoms with van der Waals surface area (Å²) in [6.07, 6.45) is 3.66. The number of nitrogens with one attached hydrogen (secondary N) is 2. The number of anilines is 1. The van der Waals surface area contributed by atoms with Crippen LogP contribution >= 0.6 is 23.4 Å². The minimum atomic E-state index is -0.231. The number of fused-ring (bicyclic) bond motifs is 1. The lowest BCUT2D eigenvalue weighted by Crippen LogP contribution is -2.22. The Hall–Kier alpha value is -1.99. The van der Waals surface area contributed by atoms with Crippen molar-refractivity contribution in [2.24, 2.45) is 0 Å². The second-order valence-corrected chi connectivity index (χ2v) is 7.09. The van der Waals surface area contributed by atoms with Gasteiger partial charge in [0.25, 0.3) is 5.56 Å². The largest absolute Gasteiger partial charge is 0.495 e. The van der Waals surface area contributed by atoms with E-state index in [0.29, 0.717) is 21.6 Å². The van der Waals surface area contributed by atoms with Crippen LogP contribution in [0.5, 0.6) is 5.75 Å². The first-order valence-electron chi connectivity index (χ1n) is 7.95. The molecule has 1 aromatic carbocycles. The van der Waals surface area contributed by atoms with Crippen molar-refractivity contribution in [3.05, 3.63) is 44.8 Å².